The SMILES string of the molecule is O=C([C@@H]1O[C@@H]2O[C@H]1C(=O)N(Cc1ccccc1)[C@@H]2Cc1ccccc1)N1CCOCC1. The number of hydrogen-bond donors (Lipinski definition) is 0. The van der Waals surface area contributed by atoms with Crippen molar-refractivity contribution in [2.45, 2.75) is 37.5 Å². The Kier molecular flexibility index (Phi) is 5.72. The van der Waals surface area contributed by atoms with Crippen LogP contribution in [0.2, 0.25) is 0 Å². The number of benzene rings is 2. The van der Waals surface area contributed by atoms with E-state index >= 15 is 0 Å². The lowest BCUT2D eigenvalue weighted by molar-refractivity contribution is -0.177. The van der Waals surface area contributed by atoms with E-state index in [1.807, 2.05) is 65.6 Å². The molecule has 3 aliphatic rings. The molecule has 162 valence electrons. The number of fused-ring (bicyclic) bond motifs is 2. The van der Waals surface area contributed by atoms with Crippen molar-refractivity contribution in [2.24, 2.45) is 0 Å². The van der Waals surface area contributed by atoms with Gasteiger partial charge in [0.2, 0.25) is 0 Å². The van der Waals surface area contributed by atoms with Gasteiger partial charge in [-0.15, -0.1) is 0 Å². The van der Waals surface area contributed by atoms with Crippen LogP contribution in [0.1, 0.15) is 11.1 Å². The molecule has 0 radical (unpaired) electrons. The average molecular weight is 422 g/mol. The molecule has 0 unspecified atom stereocenters. The molecule has 4 atom stereocenters. The van der Waals surface area contributed by atoms with Crippen molar-refractivity contribution in [3.05, 3.63) is 71.8 Å². The number of hydrogen-bond acceptors (Lipinski definition) is 5. The van der Waals surface area contributed by atoms with E-state index in [-0.39, 0.29) is 17.9 Å². The number of rotatable bonds is 5. The van der Waals surface area contributed by atoms with Crippen molar-refractivity contribution >= 4 is 11.8 Å². The number of ether oxygens (including phenoxy) is 3. The first-order chi connectivity index (χ1) is 15.2. The van der Waals surface area contributed by atoms with E-state index < -0.39 is 18.5 Å². The van der Waals surface area contributed by atoms with Gasteiger partial charge in [0.15, 0.2) is 18.5 Å². The summed E-state index contributed by atoms with van der Waals surface area (Å²) < 4.78 is 17.4. The smallest absolute Gasteiger partial charge is 0.255 e. The quantitative estimate of drug-likeness (QED) is 0.732. The normalized spacial score (nSPS) is 28.1. The van der Waals surface area contributed by atoms with Crippen LogP contribution < -0.4 is 0 Å². The predicted octanol–water partition coefficient (Wildman–Crippen LogP) is 1.61. The standard InChI is InChI=1S/C24H26N2O5/c27-22(25-11-13-29-14-12-25)20-21-23(28)26(16-18-9-5-2-6-10-18)19(24(30-20)31-21)15-17-7-3-1-4-8-17/h1-10,19-21,24H,11-16H2/t19-,20-,21-,24-/m1/s1. The molecule has 0 spiro atoms. The number of morpholine rings is 2. The highest BCUT2D eigenvalue weighted by Gasteiger charge is 2.56. The molecule has 2 amide bonds. The highest BCUT2D eigenvalue weighted by atomic mass is 16.7. The highest BCUT2D eigenvalue weighted by Crippen LogP contribution is 2.35. The molecule has 0 aromatic heterocycles. The monoisotopic (exact) mass is 422 g/mol. The zero-order valence-corrected chi connectivity index (χ0v) is 17.3. The molecule has 2 bridgehead atoms. The van der Waals surface area contributed by atoms with Crippen LogP contribution in [-0.2, 0) is 36.8 Å². The second-order valence-electron chi connectivity index (χ2n) is 8.13. The lowest BCUT2D eigenvalue weighted by atomic mass is 10.0. The molecule has 3 aliphatic heterocycles. The second-order valence-corrected chi connectivity index (χ2v) is 8.13. The Morgan fingerprint density at radius 3 is 2.23 bits per heavy atom. The third kappa shape index (κ3) is 4.08. The van der Waals surface area contributed by atoms with Gasteiger partial charge >= 0.3 is 0 Å². The van der Waals surface area contributed by atoms with Crippen LogP contribution in [0.4, 0.5) is 0 Å². The first-order valence-corrected chi connectivity index (χ1v) is 10.8. The molecule has 0 N–H and O–H groups in total. The fourth-order valence-electron chi connectivity index (χ4n) is 4.50. The summed E-state index contributed by atoms with van der Waals surface area (Å²) in [5.74, 6) is -0.380. The van der Waals surface area contributed by atoms with Crippen LogP contribution in [0.3, 0.4) is 0 Å². The minimum Gasteiger partial charge on any atom is -0.378 e. The Hall–Kier alpha value is -2.74. The van der Waals surface area contributed by atoms with Crippen LogP contribution in [0.25, 0.3) is 0 Å². The van der Waals surface area contributed by atoms with Crippen LogP contribution in [0.5, 0.6) is 0 Å². The number of amides is 2. The predicted molar refractivity (Wildman–Crippen MR) is 112 cm³/mol. The lowest BCUT2D eigenvalue weighted by Gasteiger charge is -2.38. The van der Waals surface area contributed by atoms with Crippen molar-refractivity contribution in [3.8, 4) is 0 Å². The van der Waals surface area contributed by atoms with Gasteiger partial charge in [0.1, 0.15) is 0 Å². The minimum absolute atomic E-state index is 0.190. The van der Waals surface area contributed by atoms with E-state index in [4.69, 9.17) is 14.2 Å². The van der Waals surface area contributed by atoms with Crippen LogP contribution >= 0.6 is 0 Å². The number of nitrogens with zero attached hydrogens (tertiary/aromatic N) is 2. The summed E-state index contributed by atoms with van der Waals surface area (Å²) in [6.45, 7) is 2.46. The minimum atomic E-state index is -0.908. The molecular weight excluding hydrogens is 396 g/mol. The van der Waals surface area contributed by atoms with E-state index in [1.54, 1.807) is 4.90 Å². The molecule has 0 saturated carbocycles. The summed E-state index contributed by atoms with van der Waals surface area (Å²) in [6, 6.07) is 19.5. The molecule has 3 heterocycles. The summed E-state index contributed by atoms with van der Waals surface area (Å²) in [7, 11) is 0. The lowest BCUT2D eigenvalue weighted by Crippen LogP contribution is -2.57. The van der Waals surface area contributed by atoms with E-state index in [0.717, 1.165) is 11.1 Å². The van der Waals surface area contributed by atoms with Crippen LogP contribution in [0.15, 0.2) is 60.7 Å². The summed E-state index contributed by atoms with van der Waals surface area (Å²) in [6.07, 6.45) is -1.86. The first kappa shape index (κ1) is 20.2. The van der Waals surface area contributed by atoms with Gasteiger partial charge in [-0.1, -0.05) is 60.7 Å². The van der Waals surface area contributed by atoms with E-state index in [2.05, 4.69) is 0 Å². The van der Waals surface area contributed by atoms with Crippen LogP contribution in [0, 0.1) is 0 Å². The van der Waals surface area contributed by atoms with Crippen molar-refractivity contribution in [3.63, 3.8) is 0 Å². The van der Waals surface area contributed by atoms with Gasteiger partial charge in [-0.05, 0) is 17.5 Å². The Morgan fingerprint density at radius 2 is 1.55 bits per heavy atom. The van der Waals surface area contributed by atoms with E-state index in [0.29, 0.717) is 39.3 Å². The van der Waals surface area contributed by atoms with Gasteiger partial charge in [-0.2, -0.15) is 0 Å². The van der Waals surface area contributed by atoms with Gasteiger partial charge in [0, 0.05) is 19.6 Å². The molecule has 2 aromatic carbocycles. The van der Waals surface area contributed by atoms with Gasteiger partial charge in [0.05, 0.1) is 19.3 Å². The Balaban J connectivity index is 1.41. The molecule has 5 rings (SSSR count). The Labute approximate surface area is 181 Å². The van der Waals surface area contributed by atoms with Crippen LogP contribution in [-0.4, -0.2) is 72.5 Å². The topological polar surface area (TPSA) is 68.3 Å². The Morgan fingerprint density at radius 1 is 0.903 bits per heavy atom. The third-order valence-corrected chi connectivity index (χ3v) is 6.13. The van der Waals surface area contributed by atoms with Crippen molar-refractivity contribution in [1.82, 2.24) is 9.80 Å². The summed E-state index contributed by atoms with van der Waals surface area (Å²) in [5.41, 5.74) is 2.12. The van der Waals surface area contributed by atoms with Crippen molar-refractivity contribution in [1.29, 1.82) is 0 Å². The summed E-state index contributed by atoms with van der Waals surface area (Å²) in [4.78, 5) is 30.2. The maximum absolute atomic E-state index is 13.5. The highest BCUT2D eigenvalue weighted by molar-refractivity contribution is 5.92. The first-order valence-electron chi connectivity index (χ1n) is 10.8. The largest absolute Gasteiger partial charge is 0.378 e. The van der Waals surface area contributed by atoms with Gasteiger partial charge in [0.25, 0.3) is 11.8 Å². The molecule has 0 aliphatic carbocycles. The molecule has 2 aromatic rings. The fourth-order valence-corrected chi connectivity index (χ4v) is 4.50. The molecule has 3 fully saturated rings. The maximum Gasteiger partial charge on any atom is 0.255 e. The average Bonchev–Trinajstić information content (AvgIpc) is 3.23. The molecular formula is C24H26N2O5. The van der Waals surface area contributed by atoms with E-state index in [9.17, 15) is 9.59 Å². The van der Waals surface area contributed by atoms with Gasteiger partial charge < -0.3 is 24.0 Å². The number of carbonyl (C=O) groups is 2. The molecule has 3 saturated heterocycles. The van der Waals surface area contributed by atoms with Crippen molar-refractivity contribution in [2.75, 3.05) is 26.3 Å². The molecule has 7 nitrogen and oxygen atoms in total. The van der Waals surface area contributed by atoms with Crippen molar-refractivity contribution < 1.29 is 23.8 Å². The Bertz CT molecular complexity index is 916. The van der Waals surface area contributed by atoms with Gasteiger partial charge in [-0.3, -0.25) is 9.59 Å². The van der Waals surface area contributed by atoms with E-state index in [1.165, 1.54) is 0 Å². The summed E-state index contributed by atoms with van der Waals surface area (Å²) in [5, 5.41) is 0. The van der Waals surface area contributed by atoms with Gasteiger partial charge in [-0.25, -0.2) is 0 Å². The zero-order chi connectivity index (χ0) is 21.2. The maximum atomic E-state index is 13.5. The molecule has 31 heavy (non-hydrogen) atoms. The zero-order valence-electron chi connectivity index (χ0n) is 17.3. The third-order valence-electron chi connectivity index (χ3n) is 6.13. The molecule has 7 heteroatoms. The fraction of sp³-hybridized carbons (Fsp3) is 0.417. The summed E-state index contributed by atoms with van der Waals surface area (Å²) >= 11 is 0. The second kappa shape index (κ2) is 8.78. The number of carbonyl (C=O) groups excluding carboxylic acids is 2.